The molecule has 0 saturated carbocycles. The van der Waals surface area contributed by atoms with E-state index < -0.39 is 0 Å². The summed E-state index contributed by atoms with van der Waals surface area (Å²) in [7, 11) is 0. The van der Waals surface area contributed by atoms with Gasteiger partial charge in [-0.3, -0.25) is 4.79 Å². The Morgan fingerprint density at radius 1 is 1.60 bits per heavy atom. The van der Waals surface area contributed by atoms with Crippen LogP contribution in [0.3, 0.4) is 0 Å². The zero-order valence-electron chi connectivity index (χ0n) is 8.95. The average Bonchev–Trinajstić information content (AvgIpc) is 2.17. The van der Waals surface area contributed by atoms with Crippen LogP contribution in [0.2, 0.25) is 0 Å². The van der Waals surface area contributed by atoms with Crippen molar-refractivity contribution in [1.29, 1.82) is 0 Å². The minimum Gasteiger partial charge on any atom is -0.378 e. The van der Waals surface area contributed by atoms with Gasteiger partial charge < -0.3 is 9.72 Å². The zero-order valence-corrected chi connectivity index (χ0v) is 8.95. The second-order valence-corrected chi connectivity index (χ2v) is 4.03. The summed E-state index contributed by atoms with van der Waals surface area (Å²) in [4.78, 5) is 18.3. The van der Waals surface area contributed by atoms with E-state index in [1.807, 2.05) is 6.92 Å². The first-order valence-electron chi connectivity index (χ1n) is 5.42. The van der Waals surface area contributed by atoms with Gasteiger partial charge in [-0.2, -0.15) is 0 Å². The Balaban J connectivity index is 2.06. The fraction of sp³-hybridized carbons (Fsp3) is 0.636. The molecule has 1 aromatic heterocycles. The topological polar surface area (TPSA) is 55.0 Å². The Morgan fingerprint density at radius 3 is 3.13 bits per heavy atom. The van der Waals surface area contributed by atoms with Gasteiger partial charge in [-0.05, 0) is 26.2 Å². The van der Waals surface area contributed by atoms with Gasteiger partial charge in [-0.25, -0.2) is 4.98 Å². The van der Waals surface area contributed by atoms with Crippen molar-refractivity contribution in [1.82, 2.24) is 9.97 Å². The zero-order chi connectivity index (χ0) is 10.7. The van der Waals surface area contributed by atoms with Crippen molar-refractivity contribution in [2.45, 2.75) is 38.7 Å². The molecule has 1 N–H and O–H groups in total. The molecule has 0 radical (unpaired) electrons. The number of aromatic amines is 1. The molecule has 1 aliphatic heterocycles. The largest absolute Gasteiger partial charge is 0.378 e. The van der Waals surface area contributed by atoms with Crippen LogP contribution in [0.5, 0.6) is 0 Å². The van der Waals surface area contributed by atoms with Crippen molar-refractivity contribution in [3.8, 4) is 0 Å². The molecule has 2 rings (SSSR count). The summed E-state index contributed by atoms with van der Waals surface area (Å²) in [6.07, 6.45) is 4.37. The predicted octanol–water partition coefficient (Wildman–Crippen LogP) is 1.19. The second kappa shape index (κ2) is 4.57. The quantitative estimate of drug-likeness (QED) is 0.794. The van der Waals surface area contributed by atoms with Crippen LogP contribution < -0.4 is 5.56 Å². The van der Waals surface area contributed by atoms with Gasteiger partial charge in [0.1, 0.15) is 5.82 Å². The molecule has 4 nitrogen and oxygen atoms in total. The van der Waals surface area contributed by atoms with E-state index in [1.54, 1.807) is 0 Å². The van der Waals surface area contributed by atoms with E-state index in [4.69, 9.17) is 4.74 Å². The second-order valence-electron chi connectivity index (χ2n) is 4.03. The maximum absolute atomic E-state index is 11.2. The maximum Gasteiger partial charge on any atom is 0.251 e. The van der Waals surface area contributed by atoms with E-state index in [2.05, 4.69) is 9.97 Å². The van der Waals surface area contributed by atoms with E-state index in [-0.39, 0.29) is 11.7 Å². The fourth-order valence-electron chi connectivity index (χ4n) is 1.92. The van der Waals surface area contributed by atoms with Crippen molar-refractivity contribution in [2.75, 3.05) is 6.61 Å². The van der Waals surface area contributed by atoms with E-state index >= 15 is 0 Å². The van der Waals surface area contributed by atoms with E-state index in [0.717, 1.165) is 37.4 Å². The maximum atomic E-state index is 11.2. The number of nitrogens with one attached hydrogen (secondary N) is 1. The lowest BCUT2D eigenvalue weighted by Gasteiger charge is -2.21. The van der Waals surface area contributed by atoms with Gasteiger partial charge in [0.05, 0.1) is 6.10 Å². The number of ether oxygens (including phenoxy) is 1. The molecule has 0 amide bonds. The molecule has 1 unspecified atom stereocenters. The van der Waals surface area contributed by atoms with Crippen molar-refractivity contribution < 1.29 is 4.74 Å². The van der Waals surface area contributed by atoms with Gasteiger partial charge in [0.25, 0.3) is 5.56 Å². The van der Waals surface area contributed by atoms with Gasteiger partial charge in [0.2, 0.25) is 0 Å². The van der Waals surface area contributed by atoms with Crippen LogP contribution in [0.25, 0.3) is 0 Å². The van der Waals surface area contributed by atoms with Gasteiger partial charge in [-0.1, -0.05) is 0 Å². The van der Waals surface area contributed by atoms with E-state index in [9.17, 15) is 4.79 Å². The van der Waals surface area contributed by atoms with E-state index in [1.165, 1.54) is 12.5 Å². The molecule has 1 aromatic rings. The SMILES string of the molecule is Cc1cc(=O)[nH]c(CC2CCCCO2)n1. The summed E-state index contributed by atoms with van der Waals surface area (Å²) >= 11 is 0. The van der Waals surface area contributed by atoms with Crippen LogP contribution >= 0.6 is 0 Å². The summed E-state index contributed by atoms with van der Waals surface area (Å²) in [5, 5.41) is 0. The Hall–Kier alpha value is -1.16. The normalized spacial score (nSPS) is 21.5. The Kier molecular flexibility index (Phi) is 3.16. The number of hydrogen-bond donors (Lipinski definition) is 1. The number of rotatable bonds is 2. The molecule has 0 spiro atoms. The smallest absolute Gasteiger partial charge is 0.251 e. The predicted molar refractivity (Wildman–Crippen MR) is 56.9 cm³/mol. The van der Waals surface area contributed by atoms with Crippen LogP contribution in [0.4, 0.5) is 0 Å². The number of hydrogen-bond acceptors (Lipinski definition) is 3. The molecule has 1 fully saturated rings. The molecule has 1 saturated heterocycles. The molecule has 82 valence electrons. The van der Waals surface area contributed by atoms with Crippen molar-refractivity contribution in [3.05, 3.63) is 27.9 Å². The summed E-state index contributed by atoms with van der Waals surface area (Å²) in [5.74, 6) is 0.743. The number of aromatic nitrogens is 2. The minimum absolute atomic E-state index is 0.0756. The summed E-state index contributed by atoms with van der Waals surface area (Å²) in [5.41, 5.74) is 0.692. The molecule has 4 heteroatoms. The summed E-state index contributed by atoms with van der Waals surface area (Å²) in [6.45, 7) is 2.67. The monoisotopic (exact) mass is 208 g/mol. The average molecular weight is 208 g/mol. The molecule has 1 atom stereocenters. The molecule has 0 aromatic carbocycles. The lowest BCUT2D eigenvalue weighted by atomic mass is 10.1. The fourth-order valence-corrected chi connectivity index (χ4v) is 1.92. The first kappa shape index (κ1) is 10.4. The van der Waals surface area contributed by atoms with Crippen molar-refractivity contribution in [3.63, 3.8) is 0 Å². The van der Waals surface area contributed by atoms with Crippen LogP contribution in [0.1, 0.15) is 30.8 Å². The molecule has 15 heavy (non-hydrogen) atoms. The third-order valence-corrected chi connectivity index (χ3v) is 2.61. The highest BCUT2D eigenvalue weighted by molar-refractivity contribution is 5.01. The Bertz CT molecular complexity index is 380. The van der Waals surface area contributed by atoms with Gasteiger partial charge in [-0.15, -0.1) is 0 Å². The third kappa shape index (κ3) is 2.89. The minimum atomic E-state index is -0.0756. The van der Waals surface area contributed by atoms with Crippen LogP contribution in [-0.4, -0.2) is 22.7 Å². The first-order valence-corrected chi connectivity index (χ1v) is 5.42. The Morgan fingerprint density at radius 2 is 2.47 bits per heavy atom. The summed E-state index contributed by atoms with van der Waals surface area (Å²) < 4.78 is 5.60. The lowest BCUT2D eigenvalue weighted by molar-refractivity contribution is 0.0156. The highest BCUT2D eigenvalue weighted by atomic mass is 16.5. The highest BCUT2D eigenvalue weighted by Crippen LogP contribution is 2.15. The molecular formula is C11H16N2O2. The van der Waals surface area contributed by atoms with Crippen LogP contribution in [-0.2, 0) is 11.2 Å². The molecule has 0 bridgehead atoms. The molecule has 2 heterocycles. The number of H-pyrrole nitrogens is 1. The van der Waals surface area contributed by atoms with Crippen LogP contribution in [0.15, 0.2) is 10.9 Å². The van der Waals surface area contributed by atoms with Gasteiger partial charge in [0.15, 0.2) is 0 Å². The summed E-state index contributed by atoms with van der Waals surface area (Å²) in [6, 6.07) is 1.51. The van der Waals surface area contributed by atoms with Crippen molar-refractivity contribution >= 4 is 0 Å². The molecule has 1 aliphatic rings. The molecule has 0 aliphatic carbocycles. The lowest BCUT2D eigenvalue weighted by Crippen LogP contribution is -2.24. The first-order chi connectivity index (χ1) is 7.24. The van der Waals surface area contributed by atoms with E-state index in [0.29, 0.717) is 0 Å². The van der Waals surface area contributed by atoms with Crippen molar-refractivity contribution in [2.24, 2.45) is 0 Å². The Labute approximate surface area is 88.7 Å². The highest BCUT2D eigenvalue weighted by Gasteiger charge is 2.15. The standard InChI is InChI=1S/C11H16N2O2/c1-8-6-11(14)13-10(12-8)7-9-4-2-3-5-15-9/h6,9H,2-5,7H2,1H3,(H,12,13,14). The number of aryl methyl sites for hydroxylation is 1. The van der Waals surface area contributed by atoms with Gasteiger partial charge in [0, 0.05) is 24.8 Å². The van der Waals surface area contributed by atoms with Gasteiger partial charge >= 0.3 is 0 Å². The third-order valence-electron chi connectivity index (χ3n) is 2.61. The molecular weight excluding hydrogens is 192 g/mol. The number of nitrogens with zero attached hydrogens (tertiary/aromatic N) is 1. The van der Waals surface area contributed by atoms with Crippen LogP contribution in [0, 0.1) is 6.92 Å².